The third-order valence-electron chi connectivity index (χ3n) is 0.421. The number of rotatable bonds is 3. The summed E-state index contributed by atoms with van der Waals surface area (Å²) in [6.07, 6.45) is 1.86. The number of nitrogens with one attached hydrogen (secondary N) is 2. The van der Waals surface area contributed by atoms with Gasteiger partial charge in [-0.3, -0.25) is 4.72 Å². The maximum atomic E-state index is 2.89. The van der Waals surface area contributed by atoms with Crippen molar-refractivity contribution in [2.45, 2.75) is 0 Å². The molecule has 0 rings (SSSR count). The predicted molar refractivity (Wildman–Crippen MR) is 34.9 cm³/mol. The second-order valence-corrected chi connectivity index (χ2v) is 1.83. The fourth-order valence-electron chi connectivity index (χ4n) is 0.170. The fourth-order valence-corrected chi connectivity index (χ4v) is 0.510. The minimum atomic E-state index is 1.54. The first-order chi connectivity index (χ1) is 3.41. The maximum absolute atomic E-state index is 2.89. The molecule has 0 saturated carbocycles. The van der Waals surface area contributed by atoms with Crippen molar-refractivity contribution < 1.29 is 0 Å². The third-order valence-corrected chi connectivity index (χ3v) is 0.928. The molecule has 0 bridgehead atoms. The van der Waals surface area contributed by atoms with Gasteiger partial charge in [-0.2, -0.15) is 0 Å². The van der Waals surface area contributed by atoms with Crippen molar-refractivity contribution >= 4 is 11.9 Å². The van der Waals surface area contributed by atoms with Gasteiger partial charge in [-0.15, -0.1) is 0 Å². The molecule has 42 valence electrons. The highest BCUT2D eigenvalue weighted by Gasteiger charge is 1.64. The summed E-state index contributed by atoms with van der Waals surface area (Å²) in [7, 11) is 3.75. The van der Waals surface area contributed by atoms with Crippen LogP contribution in [0.25, 0.3) is 0 Å². The van der Waals surface area contributed by atoms with E-state index in [0.717, 1.165) is 0 Å². The molecule has 0 aromatic heterocycles. The van der Waals surface area contributed by atoms with E-state index >= 15 is 0 Å². The summed E-state index contributed by atoms with van der Waals surface area (Å²) in [5, 5.41) is 4.79. The number of hydrogen-bond acceptors (Lipinski definition) is 3. The molecule has 0 unspecified atom stereocenters. The lowest BCUT2D eigenvalue weighted by Crippen LogP contribution is -1.92. The Morgan fingerprint density at radius 1 is 1.43 bits per heavy atom. The lowest BCUT2D eigenvalue weighted by Gasteiger charge is -1.85. The van der Waals surface area contributed by atoms with Crippen molar-refractivity contribution in [3.05, 3.63) is 11.6 Å². The van der Waals surface area contributed by atoms with Crippen LogP contribution in [0.2, 0.25) is 0 Å². The highest BCUT2D eigenvalue weighted by molar-refractivity contribution is 8.00. The highest BCUT2D eigenvalue weighted by Crippen LogP contribution is 1.88. The molecule has 0 aliphatic heterocycles. The highest BCUT2D eigenvalue weighted by atomic mass is 32.2. The molecule has 0 aromatic rings. The van der Waals surface area contributed by atoms with Crippen molar-refractivity contribution in [3.8, 4) is 0 Å². The molecule has 2 nitrogen and oxygen atoms in total. The van der Waals surface area contributed by atoms with Crippen LogP contribution in [0.3, 0.4) is 0 Å². The Bertz CT molecular complexity index is 53.7. The quantitative estimate of drug-likeness (QED) is 0.529. The van der Waals surface area contributed by atoms with Crippen LogP contribution in [-0.4, -0.2) is 14.1 Å². The Kier molecular flexibility index (Phi) is 5.72. The number of hydrogen-bond donors (Lipinski definition) is 2. The molecule has 0 amide bonds. The van der Waals surface area contributed by atoms with Gasteiger partial charge < -0.3 is 5.32 Å². The molecule has 0 atom stereocenters. The van der Waals surface area contributed by atoms with E-state index < -0.39 is 0 Å². The van der Waals surface area contributed by atoms with Gasteiger partial charge in [0.05, 0.1) is 0 Å². The first-order valence-electron chi connectivity index (χ1n) is 2.06. The maximum Gasteiger partial charge on any atom is 0.00386 e. The lowest BCUT2D eigenvalue weighted by molar-refractivity contribution is 1.11. The van der Waals surface area contributed by atoms with Crippen LogP contribution in [0.1, 0.15) is 0 Å². The van der Waals surface area contributed by atoms with Crippen LogP contribution in [0, 0.1) is 0 Å². The van der Waals surface area contributed by atoms with Crippen LogP contribution >= 0.6 is 11.9 Å². The second kappa shape index (κ2) is 5.85. The van der Waals surface area contributed by atoms with Gasteiger partial charge in [-0.25, -0.2) is 0 Å². The fraction of sp³-hybridized carbons (Fsp3) is 0.500. The third kappa shape index (κ3) is 5.85. The summed E-state index contributed by atoms with van der Waals surface area (Å²) in [6.45, 7) is 0. The normalized spacial score (nSPS) is 10.0. The average Bonchev–Trinajstić information content (AvgIpc) is 1.69. The molecule has 3 heteroatoms. The molecule has 0 heterocycles. The zero-order valence-corrected chi connectivity index (χ0v) is 5.38. The molecular weight excluding hydrogens is 108 g/mol. The van der Waals surface area contributed by atoms with Crippen molar-refractivity contribution in [2.75, 3.05) is 14.1 Å². The molecule has 0 aromatic carbocycles. The molecule has 2 N–H and O–H groups in total. The standard InChI is InChI=1S/C4H10N2S/c1-5-3-4-7-6-2/h3-6H,1-2H3/b4-3-. The SMILES string of the molecule is CN/C=C\SNC. The van der Waals surface area contributed by atoms with Gasteiger partial charge in [0, 0.05) is 18.7 Å². The van der Waals surface area contributed by atoms with E-state index in [0.29, 0.717) is 0 Å². The Morgan fingerprint density at radius 3 is 2.57 bits per heavy atom. The zero-order valence-electron chi connectivity index (χ0n) is 4.56. The molecular formula is C4H10N2S. The van der Waals surface area contributed by atoms with Crippen LogP contribution in [-0.2, 0) is 0 Å². The summed E-state index contributed by atoms with van der Waals surface area (Å²) in [4.78, 5) is 0. The minimum Gasteiger partial charge on any atom is -0.394 e. The molecule has 0 aliphatic rings. The lowest BCUT2D eigenvalue weighted by atomic mass is 11.0. The molecule has 0 aliphatic carbocycles. The van der Waals surface area contributed by atoms with Crippen molar-refractivity contribution in [2.24, 2.45) is 0 Å². The van der Waals surface area contributed by atoms with Gasteiger partial charge in [0.25, 0.3) is 0 Å². The average molecular weight is 118 g/mol. The summed E-state index contributed by atoms with van der Waals surface area (Å²) in [5.41, 5.74) is 0. The van der Waals surface area contributed by atoms with E-state index in [-0.39, 0.29) is 0 Å². The summed E-state index contributed by atoms with van der Waals surface area (Å²) in [6, 6.07) is 0. The minimum absolute atomic E-state index is 1.54. The molecule has 0 spiro atoms. The first-order valence-corrected chi connectivity index (χ1v) is 2.94. The largest absolute Gasteiger partial charge is 0.394 e. The first kappa shape index (κ1) is 6.85. The summed E-state index contributed by atoms with van der Waals surface area (Å²) >= 11 is 1.54. The van der Waals surface area contributed by atoms with E-state index in [1.54, 1.807) is 0 Å². The Morgan fingerprint density at radius 2 is 2.14 bits per heavy atom. The van der Waals surface area contributed by atoms with Crippen LogP contribution in [0.4, 0.5) is 0 Å². The van der Waals surface area contributed by atoms with E-state index in [4.69, 9.17) is 0 Å². The van der Waals surface area contributed by atoms with E-state index in [1.165, 1.54) is 11.9 Å². The van der Waals surface area contributed by atoms with Crippen LogP contribution < -0.4 is 10.0 Å². The summed E-state index contributed by atoms with van der Waals surface area (Å²) < 4.78 is 2.89. The smallest absolute Gasteiger partial charge is 0.00386 e. The van der Waals surface area contributed by atoms with Gasteiger partial charge >= 0.3 is 0 Å². The van der Waals surface area contributed by atoms with Gasteiger partial charge in [0.15, 0.2) is 0 Å². The molecule has 0 radical (unpaired) electrons. The Hall–Kier alpha value is -0.150. The Balaban J connectivity index is 2.78. The van der Waals surface area contributed by atoms with Crippen molar-refractivity contribution in [3.63, 3.8) is 0 Å². The summed E-state index contributed by atoms with van der Waals surface area (Å²) in [5.74, 6) is 0. The topological polar surface area (TPSA) is 24.1 Å². The van der Waals surface area contributed by atoms with Gasteiger partial charge in [-0.05, 0) is 7.05 Å². The van der Waals surface area contributed by atoms with Crippen molar-refractivity contribution in [1.29, 1.82) is 0 Å². The van der Waals surface area contributed by atoms with E-state index in [1.807, 2.05) is 25.7 Å². The van der Waals surface area contributed by atoms with Crippen LogP contribution in [0.15, 0.2) is 11.6 Å². The molecule has 0 saturated heterocycles. The second-order valence-electron chi connectivity index (χ2n) is 0.913. The van der Waals surface area contributed by atoms with Crippen LogP contribution in [0.5, 0.6) is 0 Å². The predicted octanol–water partition coefficient (Wildman–Crippen LogP) is 0.545. The van der Waals surface area contributed by atoms with Gasteiger partial charge in [0.1, 0.15) is 0 Å². The monoisotopic (exact) mass is 118 g/mol. The van der Waals surface area contributed by atoms with E-state index in [2.05, 4.69) is 10.0 Å². The van der Waals surface area contributed by atoms with Gasteiger partial charge in [0.2, 0.25) is 0 Å². The van der Waals surface area contributed by atoms with E-state index in [9.17, 15) is 0 Å². The molecule has 7 heavy (non-hydrogen) atoms. The Labute approximate surface area is 48.5 Å². The van der Waals surface area contributed by atoms with Gasteiger partial charge in [-0.1, -0.05) is 11.9 Å². The zero-order chi connectivity index (χ0) is 5.54. The van der Waals surface area contributed by atoms with Crippen molar-refractivity contribution in [1.82, 2.24) is 10.0 Å². The molecule has 0 fully saturated rings.